The van der Waals surface area contributed by atoms with Crippen molar-refractivity contribution in [3.05, 3.63) is 41.5 Å². The van der Waals surface area contributed by atoms with Crippen LogP contribution in [0.2, 0.25) is 0 Å². The largest absolute Gasteiger partial charge is 0.366 e. The van der Waals surface area contributed by atoms with Gasteiger partial charge in [0.2, 0.25) is 0 Å². The van der Waals surface area contributed by atoms with Crippen LogP contribution in [-0.2, 0) is 13.6 Å². The van der Waals surface area contributed by atoms with E-state index >= 15 is 0 Å². The maximum atomic E-state index is 4.24. The van der Waals surface area contributed by atoms with Crippen molar-refractivity contribution >= 4 is 11.5 Å². The van der Waals surface area contributed by atoms with Gasteiger partial charge in [0, 0.05) is 24.8 Å². The molecule has 0 aliphatic rings. The highest BCUT2D eigenvalue weighted by atomic mass is 15.3. The van der Waals surface area contributed by atoms with Gasteiger partial charge in [-0.2, -0.15) is 14.7 Å². The Labute approximate surface area is 111 Å². The summed E-state index contributed by atoms with van der Waals surface area (Å²) in [5.41, 5.74) is 4.35. The van der Waals surface area contributed by atoms with Gasteiger partial charge in [-0.25, -0.2) is 4.98 Å². The molecule has 19 heavy (non-hydrogen) atoms. The highest BCUT2D eigenvalue weighted by molar-refractivity contribution is 5.51. The SMILES string of the molecule is Cc1cc(NCc2cnn(C)c2C)n2ncnc2c1. The fraction of sp³-hybridized carbons (Fsp3) is 0.308. The molecule has 3 aromatic rings. The lowest BCUT2D eigenvalue weighted by atomic mass is 10.2. The number of pyridine rings is 1. The van der Waals surface area contributed by atoms with Crippen LogP contribution in [0.5, 0.6) is 0 Å². The van der Waals surface area contributed by atoms with Crippen LogP contribution < -0.4 is 5.32 Å². The van der Waals surface area contributed by atoms with E-state index < -0.39 is 0 Å². The molecule has 6 heteroatoms. The van der Waals surface area contributed by atoms with Crippen LogP contribution in [0.4, 0.5) is 5.82 Å². The van der Waals surface area contributed by atoms with Crippen molar-refractivity contribution in [2.24, 2.45) is 7.05 Å². The van der Waals surface area contributed by atoms with Crippen molar-refractivity contribution in [1.82, 2.24) is 24.4 Å². The summed E-state index contributed by atoms with van der Waals surface area (Å²) in [6.45, 7) is 4.83. The zero-order valence-electron chi connectivity index (χ0n) is 11.3. The standard InChI is InChI=1S/C13H16N6/c1-9-4-12(19-13(5-9)15-8-17-19)14-6-11-7-16-18(3)10(11)2/h4-5,7-8,14H,6H2,1-3H3. The Bertz CT molecular complexity index is 724. The van der Waals surface area contributed by atoms with E-state index in [-0.39, 0.29) is 0 Å². The fourth-order valence-electron chi connectivity index (χ4n) is 2.09. The molecule has 0 unspecified atom stereocenters. The van der Waals surface area contributed by atoms with E-state index in [2.05, 4.69) is 40.4 Å². The maximum Gasteiger partial charge on any atom is 0.157 e. The molecule has 0 atom stereocenters. The zero-order valence-corrected chi connectivity index (χ0v) is 11.3. The van der Waals surface area contributed by atoms with Crippen molar-refractivity contribution in [3.63, 3.8) is 0 Å². The molecule has 3 aromatic heterocycles. The predicted octanol–water partition coefficient (Wildman–Crippen LogP) is 1.69. The molecule has 1 N–H and O–H groups in total. The summed E-state index contributed by atoms with van der Waals surface area (Å²) in [5.74, 6) is 0.941. The van der Waals surface area contributed by atoms with Crippen molar-refractivity contribution in [1.29, 1.82) is 0 Å². The van der Waals surface area contributed by atoms with Crippen LogP contribution in [0, 0.1) is 13.8 Å². The van der Waals surface area contributed by atoms with Gasteiger partial charge in [-0.15, -0.1) is 0 Å². The molecule has 0 bridgehead atoms. The second kappa shape index (κ2) is 4.38. The lowest BCUT2D eigenvalue weighted by Gasteiger charge is -2.09. The average molecular weight is 256 g/mol. The summed E-state index contributed by atoms with van der Waals surface area (Å²) in [6, 6.07) is 4.07. The molecule has 3 rings (SSSR count). The lowest BCUT2D eigenvalue weighted by molar-refractivity contribution is 0.738. The van der Waals surface area contributed by atoms with Crippen LogP contribution in [0.1, 0.15) is 16.8 Å². The quantitative estimate of drug-likeness (QED) is 0.774. The first-order valence-corrected chi connectivity index (χ1v) is 6.17. The lowest BCUT2D eigenvalue weighted by Crippen LogP contribution is -2.06. The number of nitrogens with one attached hydrogen (secondary N) is 1. The first kappa shape index (κ1) is 11.7. The van der Waals surface area contributed by atoms with Gasteiger partial charge in [0.25, 0.3) is 0 Å². The monoisotopic (exact) mass is 256 g/mol. The van der Waals surface area contributed by atoms with Gasteiger partial charge in [-0.1, -0.05) is 0 Å². The fourth-order valence-corrected chi connectivity index (χ4v) is 2.09. The second-order valence-corrected chi connectivity index (χ2v) is 4.68. The molecule has 0 spiro atoms. The molecular weight excluding hydrogens is 240 g/mol. The molecule has 0 aromatic carbocycles. The Hall–Kier alpha value is -2.37. The first-order valence-electron chi connectivity index (χ1n) is 6.17. The van der Waals surface area contributed by atoms with Crippen LogP contribution in [-0.4, -0.2) is 24.4 Å². The Morgan fingerprint density at radius 1 is 1.21 bits per heavy atom. The van der Waals surface area contributed by atoms with Crippen LogP contribution >= 0.6 is 0 Å². The molecule has 6 nitrogen and oxygen atoms in total. The summed E-state index contributed by atoms with van der Waals surface area (Å²) >= 11 is 0. The van der Waals surface area contributed by atoms with Gasteiger partial charge in [0.05, 0.1) is 6.20 Å². The number of hydrogen-bond donors (Lipinski definition) is 1. The number of fused-ring (bicyclic) bond motifs is 1. The summed E-state index contributed by atoms with van der Waals surface area (Å²) in [4.78, 5) is 4.21. The van der Waals surface area contributed by atoms with Crippen LogP contribution in [0.25, 0.3) is 5.65 Å². The topological polar surface area (TPSA) is 60.0 Å². The van der Waals surface area contributed by atoms with E-state index in [1.54, 1.807) is 10.8 Å². The third-order valence-electron chi connectivity index (χ3n) is 3.32. The molecule has 0 saturated heterocycles. The zero-order chi connectivity index (χ0) is 13.4. The minimum atomic E-state index is 0.720. The van der Waals surface area contributed by atoms with Crippen molar-refractivity contribution in [2.75, 3.05) is 5.32 Å². The third kappa shape index (κ3) is 2.05. The van der Waals surface area contributed by atoms with Gasteiger partial charge in [-0.05, 0) is 31.5 Å². The van der Waals surface area contributed by atoms with E-state index in [0.29, 0.717) is 0 Å². The normalized spacial score (nSPS) is 11.1. The van der Waals surface area contributed by atoms with Crippen LogP contribution in [0.3, 0.4) is 0 Å². The minimum Gasteiger partial charge on any atom is -0.366 e. The smallest absolute Gasteiger partial charge is 0.157 e. The van der Waals surface area contributed by atoms with Gasteiger partial charge in [-0.3, -0.25) is 4.68 Å². The van der Waals surface area contributed by atoms with E-state index in [1.165, 1.54) is 5.56 Å². The van der Waals surface area contributed by atoms with Crippen molar-refractivity contribution in [2.45, 2.75) is 20.4 Å². The number of aromatic nitrogens is 5. The Balaban J connectivity index is 1.89. The second-order valence-electron chi connectivity index (χ2n) is 4.68. The Morgan fingerprint density at radius 3 is 2.79 bits per heavy atom. The van der Waals surface area contributed by atoms with E-state index in [0.717, 1.165) is 29.3 Å². The number of anilines is 1. The molecule has 0 saturated carbocycles. The van der Waals surface area contributed by atoms with Crippen LogP contribution in [0.15, 0.2) is 24.7 Å². The maximum absolute atomic E-state index is 4.24. The summed E-state index contributed by atoms with van der Waals surface area (Å²) in [7, 11) is 1.95. The average Bonchev–Trinajstić information content (AvgIpc) is 2.96. The number of rotatable bonds is 3. The Kier molecular flexibility index (Phi) is 2.70. The van der Waals surface area contributed by atoms with Gasteiger partial charge in [0.1, 0.15) is 12.1 Å². The molecule has 3 heterocycles. The van der Waals surface area contributed by atoms with E-state index in [9.17, 15) is 0 Å². The molecule has 98 valence electrons. The molecule has 0 aliphatic heterocycles. The molecule has 0 amide bonds. The first-order chi connectivity index (χ1) is 9.15. The number of aryl methyl sites for hydroxylation is 2. The van der Waals surface area contributed by atoms with Gasteiger partial charge >= 0.3 is 0 Å². The van der Waals surface area contributed by atoms with Gasteiger partial charge in [0.15, 0.2) is 5.65 Å². The highest BCUT2D eigenvalue weighted by Gasteiger charge is 2.06. The van der Waals surface area contributed by atoms with E-state index in [1.807, 2.05) is 24.0 Å². The van der Waals surface area contributed by atoms with Crippen molar-refractivity contribution < 1.29 is 0 Å². The van der Waals surface area contributed by atoms with Gasteiger partial charge < -0.3 is 5.32 Å². The summed E-state index contributed by atoms with van der Waals surface area (Å²) < 4.78 is 3.68. The Morgan fingerprint density at radius 2 is 2.05 bits per heavy atom. The third-order valence-corrected chi connectivity index (χ3v) is 3.32. The highest BCUT2D eigenvalue weighted by Crippen LogP contribution is 2.15. The van der Waals surface area contributed by atoms with Crippen molar-refractivity contribution in [3.8, 4) is 0 Å². The molecule has 0 fully saturated rings. The minimum absolute atomic E-state index is 0.720. The molecule has 0 radical (unpaired) electrons. The predicted molar refractivity (Wildman–Crippen MR) is 73.0 cm³/mol. The summed E-state index contributed by atoms with van der Waals surface area (Å²) in [6.07, 6.45) is 3.45. The number of hydrogen-bond acceptors (Lipinski definition) is 4. The molecule has 0 aliphatic carbocycles. The summed E-state index contributed by atoms with van der Waals surface area (Å²) in [5, 5.41) is 11.9. The van der Waals surface area contributed by atoms with E-state index in [4.69, 9.17) is 0 Å². The molecular formula is C13H16N6. The number of nitrogens with zero attached hydrogens (tertiary/aromatic N) is 5.